The third-order valence-electron chi connectivity index (χ3n) is 4.61. The van der Waals surface area contributed by atoms with Gasteiger partial charge in [0.25, 0.3) is 0 Å². The summed E-state index contributed by atoms with van der Waals surface area (Å²) in [5.74, 6) is 0.626. The Kier molecular flexibility index (Phi) is 5.54. The van der Waals surface area contributed by atoms with Crippen molar-refractivity contribution in [3.05, 3.63) is 76.0 Å². The van der Waals surface area contributed by atoms with Crippen LogP contribution < -0.4 is 5.32 Å². The summed E-state index contributed by atoms with van der Waals surface area (Å²) in [5.41, 5.74) is 5.28. The highest BCUT2D eigenvalue weighted by molar-refractivity contribution is 7.12. The summed E-state index contributed by atoms with van der Waals surface area (Å²) in [7, 11) is 1.37. The lowest BCUT2D eigenvalue weighted by atomic mass is 10.1. The van der Waals surface area contributed by atoms with Gasteiger partial charge >= 0.3 is 5.97 Å². The monoisotopic (exact) mass is 416 g/mol. The van der Waals surface area contributed by atoms with Gasteiger partial charge in [0.15, 0.2) is 11.6 Å². The lowest BCUT2D eigenvalue weighted by molar-refractivity contribution is 0.0607. The fourth-order valence-corrected chi connectivity index (χ4v) is 3.70. The Morgan fingerprint density at radius 1 is 0.900 bits per heavy atom. The topological polar surface area (TPSA) is 77.0 Å². The molecule has 0 saturated heterocycles. The van der Waals surface area contributed by atoms with Gasteiger partial charge in [0, 0.05) is 11.1 Å². The second-order valence-corrected chi connectivity index (χ2v) is 7.76. The average Bonchev–Trinajstić information content (AvgIpc) is 3.22. The summed E-state index contributed by atoms with van der Waals surface area (Å²) in [6, 6.07) is 17.8. The van der Waals surface area contributed by atoms with Crippen LogP contribution in [0.3, 0.4) is 0 Å². The zero-order valence-corrected chi connectivity index (χ0v) is 17.7. The molecule has 0 amide bonds. The molecule has 150 valence electrons. The van der Waals surface area contributed by atoms with Crippen LogP contribution in [0.25, 0.3) is 22.6 Å². The quantitative estimate of drug-likeness (QED) is 0.438. The molecule has 2 aromatic heterocycles. The van der Waals surface area contributed by atoms with Crippen LogP contribution in [0.1, 0.15) is 20.8 Å². The van der Waals surface area contributed by atoms with E-state index >= 15 is 0 Å². The Balaban J connectivity index is 1.81. The predicted molar refractivity (Wildman–Crippen MR) is 119 cm³/mol. The number of thiophene rings is 1. The predicted octanol–water partition coefficient (Wildman–Crippen LogP) is 5.41. The van der Waals surface area contributed by atoms with Crippen molar-refractivity contribution in [2.45, 2.75) is 13.8 Å². The number of aryl methyl sites for hydroxylation is 2. The molecular weight excluding hydrogens is 396 g/mol. The molecule has 6 nitrogen and oxygen atoms in total. The lowest BCUT2D eigenvalue weighted by Gasteiger charge is -2.12. The summed E-state index contributed by atoms with van der Waals surface area (Å²) in [6.45, 7) is 4.06. The number of esters is 1. The van der Waals surface area contributed by atoms with E-state index in [4.69, 9.17) is 9.72 Å². The van der Waals surface area contributed by atoms with Crippen LogP contribution in [0.4, 0.5) is 11.5 Å². The van der Waals surface area contributed by atoms with Crippen molar-refractivity contribution in [2.75, 3.05) is 12.4 Å². The van der Waals surface area contributed by atoms with E-state index in [9.17, 15) is 4.79 Å². The standard InChI is InChI=1S/C23H20N4O2S/c1-14-4-8-16(9-5-14)19-22(24-18-12-13-30-20(18)23(28)29-3)25-21(27-26-19)17-10-6-15(2)7-11-17/h4-13H,1-3H3,(H,24,25,27). The minimum atomic E-state index is -0.398. The lowest BCUT2D eigenvalue weighted by Crippen LogP contribution is -2.06. The normalized spacial score (nSPS) is 10.6. The molecule has 0 aliphatic heterocycles. The number of hydrogen-bond donors (Lipinski definition) is 1. The molecule has 0 bridgehead atoms. The van der Waals surface area contributed by atoms with E-state index in [1.54, 1.807) is 0 Å². The van der Waals surface area contributed by atoms with Gasteiger partial charge in [0.05, 0.1) is 12.8 Å². The second-order valence-electron chi connectivity index (χ2n) is 6.84. The minimum absolute atomic E-state index is 0.398. The smallest absolute Gasteiger partial charge is 0.350 e. The maximum atomic E-state index is 12.1. The number of ether oxygens (including phenoxy) is 1. The number of anilines is 2. The fraction of sp³-hybridized carbons (Fsp3) is 0.130. The van der Waals surface area contributed by atoms with Crippen molar-refractivity contribution < 1.29 is 9.53 Å². The molecule has 2 aromatic carbocycles. The number of hydrogen-bond acceptors (Lipinski definition) is 7. The van der Waals surface area contributed by atoms with Gasteiger partial charge in [-0.3, -0.25) is 0 Å². The van der Waals surface area contributed by atoms with Gasteiger partial charge in [-0.25, -0.2) is 9.78 Å². The maximum Gasteiger partial charge on any atom is 0.350 e. The molecule has 0 radical (unpaired) electrons. The summed E-state index contributed by atoms with van der Waals surface area (Å²) in [4.78, 5) is 17.3. The molecule has 0 aliphatic carbocycles. The van der Waals surface area contributed by atoms with Crippen molar-refractivity contribution in [3.8, 4) is 22.6 Å². The average molecular weight is 417 g/mol. The molecule has 0 aliphatic rings. The van der Waals surface area contributed by atoms with Crippen LogP contribution in [0, 0.1) is 13.8 Å². The Morgan fingerprint density at radius 2 is 1.53 bits per heavy atom. The molecule has 0 atom stereocenters. The molecule has 7 heteroatoms. The highest BCUT2D eigenvalue weighted by Crippen LogP contribution is 2.32. The number of benzene rings is 2. The molecule has 4 rings (SSSR count). The molecule has 0 fully saturated rings. The molecule has 0 saturated carbocycles. The molecular formula is C23H20N4O2S. The van der Waals surface area contributed by atoms with Crippen molar-refractivity contribution >= 4 is 28.8 Å². The largest absolute Gasteiger partial charge is 0.465 e. The zero-order chi connectivity index (χ0) is 21.1. The van der Waals surface area contributed by atoms with Crippen LogP contribution in [0.5, 0.6) is 0 Å². The summed E-state index contributed by atoms with van der Waals surface area (Å²) >= 11 is 1.31. The van der Waals surface area contributed by atoms with Gasteiger partial charge in [0.2, 0.25) is 0 Å². The Labute approximate surface area is 178 Å². The number of nitrogens with one attached hydrogen (secondary N) is 1. The third-order valence-corrected chi connectivity index (χ3v) is 5.51. The maximum absolute atomic E-state index is 12.1. The van der Waals surface area contributed by atoms with Gasteiger partial charge < -0.3 is 10.1 Å². The summed E-state index contributed by atoms with van der Waals surface area (Å²) < 4.78 is 4.89. The number of carbonyl (C=O) groups is 1. The molecule has 2 heterocycles. The van der Waals surface area contributed by atoms with Crippen molar-refractivity contribution in [2.24, 2.45) is 0 Å². The van der Waals surface area contributed by atoms with Crippen LogP contribution in [-0.4, -0.2) is 28.3 Å². The molecule has 4 aromatic rings. The number of carbonyl (C=O) groups excluding carboxylic acids is 1. The van der Waals surface area contributed by atoms with Crippen LogP contribution >= 0.6 is 11.3 Å². The van der Waals surface area contributed by atoms with E-state index in [1.807, 2.05) is 73.8 Å². The molecule has 0 spiro atoms. The van der Waals surface area contributed by atoms with Gasteiger partial charge in [0.1, 0.15) is 10.6 Å². The minimum Gasteiger partial charge on any atom is -0.465 e. The number of methoxy groups -OCH3 is 1. The van der Waals surface area contributed by atoms with Gasteiger partial charge in [-0.15, -0.1) is 21.5 Å². The number of aromatic nitrogens is 3. The van der Waals surface area contributed by atoms with Gasteiger partial charge in [-0.2, -0.15) is 0 Å². The first-order chi connectivity index (χ1) is 14.5. The first-order valence-electron chi connectivity index (χ1n) is 9.37. The highest BCUT2D eigenvalue weighted by atomic mass is 32.1. The Bertz CT molecular complexity index is 1180. The zero-order valence-electron chi connectivity index (χ0n) is 16.8. The van der Waals surface area contributed by atoms with E-state index in [2.05, 4.69) is 15.5 Å². The fourth-order valence-electron chi connectivity index (χ4n) is 2.93. The first-order valence-corrected chi connectivity index (χ1v) is 10.2. The highest BCUT2D eigenvalue weighted by Gasteiger charge is 2.18. The van der Waals surface area contributed by atoms with Crippen molar-refractivity contribution in [3.63, 3.8) is 0 Å². The van der Waals surface area contributed by atoms with E-state index < -0.39 is 5.97 Å². The van der Waals surface area contributed by atoms with E-state index in [1.165, 1.54) is 18.4 Å². The second kappa shape index (κ2) is 8.42. The SMILES string of the molecule is COC(=O)c1sccc1Nc1nc(-c2ccc(C)cc2)nnc1-c1ccc(C)cc1. The Hall–Kier alpha value is -3.58. The van der Waals surface area contributed by atoms with Gasteiger partial charge in [-0.05, 0) is 25.3 Å². The number of nitrogens with zero attached hydrogens (tertiary/aromatic N) is 3. The third kappa shape index (κ3) is 4.06. The molecule has 1 N–H and O–H groups in total. The molecule has 30 heavy (non-hydrogen) atoms. The Morgan fingerprint density at radius 3 is 2.17 bits per heavy atom. The van der Waals surface area contributed by atoms with E-state index in [0.717, 1.165) is 22.3 Å². The van der Waals surface area contributed by atoms with Crippen LogP contribution in [0.15, 0.2) is 60.0 Å². The van der Waals surface area contributed by atoms with Crippen molar-refractivity contribution in [1.82, 2.24) is 15.2 Å². The van der Waals surface area contributed by atoms with E-state index in [-0.39, 0.29) is 0 Å². The van der Waals surface area contributed by atoms with Crippen molar-refractivity contribution in [1.29, 1.82) is 0 Å². The molecule has 0 unspecified atom stereocenters. The number of rotatable bonds is 5. The first kappa shape index (κ1) is 19.7. The summed E-state index contributed by atoms with van der Waals surface area (Å²) in [6.07, 6.45) is 0. The van der Waals surface area contributed by atoms with Crippen LogP contribution in [-0.2, 0) is 4.74 Å². The van der Waals surface area contributed by atoms with E-state index in [0.29, 0.717) is 27.9 Å². The van der Waals surface area contributed by atoms with Gasteiger partial charge in [-0.1, -0.05) is 59.7 Å². The summed E-state index contributed by atoms with van der Waals surface area (Å²) in [5, 5.41) is 13.9. The van der Waals surface area contributed by atoms with Crippen LogP contribution in [0.2, 0.25) is 0 Å².